The lowest BCUT2D eigenvalue weighted by molar-refractivity contribution is 0.102. The van der Waals surface area contributed by atoms with Gasteiger partial charge in [0.25, 0.3) is 5.91 Å². The fourth-order valence-corrected chi connectivity index (χ4v) is 3.56. The van der Waals surface area contributed by atoms with Crippen LogP contribution in [-0.2, 0) is 13.0 Å². The number of fused-ring (bicyclic) bond motifs is 1. The van der Waals surface area contributed by atoms with E-state index < -0.39 is 0 Å². The number of aromatic nitrogens is 2. The van der Waals surface area contributed by atoms with E-state index >= 15 is 0 Å². The summed E-state index contributed by atoms with van der Waals surface area (Å²) >= 11 is 0. The number of carbonyl (C=O) groups excluding carboxylic acids is 1. The zero-order valence-corrected chi connectivity index (χ0v) is 15.2. The van der Waals surface area contributed by atoms with E-state index in [-0.39, 0.29) is 5.91 Å². The second-order valence-electron chi connectivity index (χ2n) is 6.96. The van der Waals surface area contributed by atoms with Gasteiger partial charge in [0.05, 0.1) is 0 Å². The number of anilines is 1. The van der Waals surface area contributed by atoms with E-state index in [0.717, 1.165) is 46.7 Å². The Labute approximate surface area is 153 Å². The van der Waals surface area contributed by atoms with Gasteiger partial charge in [-0.05, 0) is 74.6 Å². The third-order valence-corrected chi connectivity index (χ3v) is 5.25. The topological polar surface area (TPSA) is 46.9 Å². The summed E-state index contributed by atoms with van der Waals surface area (Å²) in [6, 6.07) is 13.8. The van der Waals surface area contributed by atoms with Crippen molar-refractivity contribution < 1.29 is 4.79 Å². The van der Waals surface area contributed by atoms with Crippen molar-refractivity contribution in [1.82, 2.24) is 9.55 Å². The van der Waals surface area contributed by atoms with Gasteiger partial charge in [-0.2, -0.15) is 0 Å². The Hall–Kier alpha value is -2.88. The number of nitrogens with zero attached hydrogens (tertiary/aromatic N) is 2. The largest absolute Gasteiger partial charge is 0.328 e. The summed E-state index contributed by atoms with van der Waals surface area (Å²) in [4.78, 5) is 17.2. The van der Waals surface area contributed by atoms with E-state index in [9.17, 15) is 4.79 Å². The van der Waals surface area contributed by atoms with Gasteiger partial charge in [-0.3, -0.25) is 4.79 Å². The van der Waals surface area contributed by atoms with Gasteiger partial charge in [-0.25, -0.2) is 4.98 Å². The monoisotopic (exact) mass is 345 g/mol. The van der Waals surface area contributed by atoms with Crippen molar-refractivity contribution in [2.45, 2.75) is 39.7 Å². The number of rotatable bonds is 3. The molecular formula is C22H23N3O. The molecule has 0 aliphatic carbocycles. The van der Waals surface area contributed by atoms with Crippen molar-refractivity contribution in [2.24, 2.45) is 0 Å². The fraction of sp³-hybridized carbons (Fsp3) is 0.273. The van der Waals surface area contributed by atoms with Gasteiger partial charge in [0.15, 0.2) is 0 Å². The van der Waals surface area contributed by atoms with Gasteiger partial charge in [0.2, 0.25) is 0 Å². The highest BCUT2D eigenvalue weighted by molar-refractivity contribution is 6.05. The van der Waals surface area contributed by atoms with Crippen LogP contribution in [0.2, 0.25) is 0 Å². The molecule has 4 rings (SSSR count). The molecule has 2 heterocycles. The molecule has 0 atom stereocenters. The summed E-state index contributed by atoms with van der Waals surface area (Å²) in [5.41, 5.74) is 6.06. The standard InChI is InChI=1S/C22H23N3O/c1-15-6-5-8-20(16(15)2)22(26)24-18-11-9-17(10-12-18)21-23-14-19-7-3-4-13-25(19)21/h5-6,8-12,14H,3-4,7,13H2,1-2H3,(H,24,26). The molecule has 3 aromatic rings. The van der Waals surface area contributed by atoms with Gasteiger partial charge >= 0.3 is 0 Å². The molecular weight excluding hydrogens is 322 g/mol. The summed E-state index contributed by atoms with van der Waals surface area (Å²) in [6.07, 6.45) is 5.55. The van der Waals surface area contributed by atoms with Crippen molar-refractivity contribution in [3.05, 3.63) is 71.0 Å². The molecule has 0 spiro atoms. The van der Waals surface area contributed by atoms with Gasteiger partial charge in [0.1, 0.15) is 5.82 Å². The predicted octanol–water partition coefficient (Wildman–Crippen LogP) is 4.76. The highest BCUT2D eigenvalue weighted by Crippen LogP contribution is 2.26. The van der Waals surface area contributed by atoms with Crippen LogP contribution in [-0.4, -0.2) is 15.5 Å². The molecule has 0 unspecified atom stereocenters. The molecule has 2 aromatic carbocycles. The first-order valence-corrected chi connectivity index (χ1v) is 9.16. The average molecular weight is 345 g/mol. The van der Waals surface area contributed by atoms with Crippen molar-refractivity contribution in [3.8, 4) is 11.4 Å². The van der Waals surface area contributed by atoms with Crippen molar-refractivity contribution in [3.63, 3.8) is 0 Å². The van der Waals surface area contributed by atoms with Gasteiger partial charge in [-0.15, -0.1) is 0 Å². The molecule has 0 fully saturated rings. The molecule has 4 heteroatoms. The number of amides is 1. The van der Waals surface area contributed by atoms with E-state index in [0.29, 0.717) is 0 Å². The fourth-order valence-electron chi connectivity index (χ4n) is 3.56. The van der Waals surface area contributed by atoms with Crippen molar-refractivity contribution in [1.29, 1.82) is 0 Å². The minimum Gasteiger partial charge on any atom is -0.328 e. The molecule has 0 saturated carbocycles. The highest BCUT2D eigenvalue weighted by atomic mass is 16.1. The first-order valence-electron chi connectivity index (χ1n) is 9.16. The van der Waals surface area contributed by atoms with E-state index in [1.165, 1.54) is 18.5 Å². The Balaban J connectivity index is 1.54. The zero-order chi connectivity index (χ0) is 18.1. The molecule has 1 N–H and O–H groups in total. The molecule has 132 valence electrons. The van der Waals surface area contributed by atoms with Crippen LogP contribution < -0.4 is 5.32 Å². The lowest BCUT2D eigenvalue weighted by Crippen LogP contribution is -2.14. The molecule has 0 radical (unpaired) electrons. The highest BCUT2D eigenvalue weighted by Gasteiger charge is 2.15. The molecule has 4 nitrogen and oxygen atoms in total. The summed E-state index contributed by atoms with van der Waals surface area (Å²) in [6.45, 7) is 5.04. The molecule has 0 saturated heterocycles. The normalized spacial score (nSPS) is 13.3. The lowest BCUT2D eigenvalue weighted by atomic mass is 10.0. The van der Waals surface area contributed by atoms with E-state index in [1.807, 2.05) is 62.5 Å². The van der Waals surface area contributed by atoms with Gasteiger partial charge < -0.3 is 9.88 Å². The van der Waals surface area contributed by atoms with Crippen molar-refractivity contribution in [2.75, 3.05) is 5.32 Å². The summed E-state index contributed by atoms with van der Waals surface area (Å²) < 4.78 is 2.31. The Morgan fingerprint density at radius 3 is 2.69 bits per heavy atom. The number of carbonyl (C=O) groups is 1. The van der Waals surface area contributed by atoms with Crippen LogP contribution in [0.4, 0.5) is 5.69 Å². The third-order valence-electron chi connectivity index (χ3n) is 5.25. The number of benzene rings is 2. The molecule has 1 aliphatic heterocycles. The van der Waals surface area contributed by atoms with Crippen LogP contribution in [0.1, 0.15) is 40.0 Å². The first kappa shape index (κ1) is 16.6. The Bertz CT molecular complexity index is 954. The smallest absolute Gasteiger partial charge is 0.255 e. The van der Waals surface area contributed by atoms with E-state index in [4.69, 9.17) is 0 Å². The van der Waals surface area contributed by atoms with Gasteiger partial charge in [0, 0.05) is 35.2 Å². The molecule has 1 aliphatic rings. The molecule has 26 heavy (non-hydrogen) atoms. The summed E-state index contributed by atoms with van der Waals surface area (Å²) in [5, 5.41) is 2.99. The number of hydrogen-bond donors (Lipinski definition) is 1. The zero-order valence-electron chi connectivity index (χ0n) is 15.2. The minimum absolute atomic E-state index is 0.0721. The quantitative estimate of drug-likeness (QED) is 0.744. The van der Waals surface area contributed by atoms with Crippen LogP contribution in [0.5, 0.6) is 0 Å². The predicted molar refractivity (Wildman–Crippen MR) is 104 cm³/mol. The van der Waals surface area contributed by atoms with Gasteiger partial charge in [-0.1, -0.05) is 12.1 Å². The second kappa shape index (κ2) is 6.79. The SMILES string of the molecule is Cc1cccc(C(=O)Nc2ccc(-c3ncc4n3CCCC4)cc2)c1C. The van der Waals surface area contributed by atoms with E-state index in [1.54, 1.807) is 0 Å². The average Bonchev–Trinajstić information content (AvgIpc) is 3.09. The summed E-state index contributed by atoms with van der Waals surface area (Å²) in [5.74, 6) is 0.948. The van der Waals surface area contributed by atoms with Crippen LogP contribution in [0, 0.1) is 13.8 Å². The molecule has 1 aromatic heterocycles. The lowest BCUT2D eigenvalue weighted by Gasteiger charge is -2.16. The van der Waals surface area contributed by atoms with Crippen LogP contribution in [0.25, 0.3) is 11.4 Å². The van der Waals surface area contributed by atoms with Crippen LogP contribution >= 0.6 is 0 Å². The Morgan fingerprint density at radius 1 is 1.08 bits per heavy atom. The van der Waals surface area contributed by atoms with Crippen LogP contribution in [0.3, 0.4) is 0 Å². The number of aryl methyl sites for hydroxylation is 2. The molecule has 0 bridgehead atoms. The second-order valence-corrected chi connectivity index (χ2v) is 6.96. The van der Waals surface area contributed by atoms with E-state index in [2.05, 4.69) is 14.9 Å². The third kappa shape index (κ3) is 3.03. The maximum Gasteiger partial charge on any atom is 0.255 e. The summed E-state index contributed by atoms with van der Waals surface area (Å²) in [7, 11) is 0. The Kier molecular flexibility index (Phi) is 4.33. The number of hydrogen-bond acceptors (Lipinski definition) is 2. The van der Waals surface area contributed by atoms with Crippen molar-refractivity contribution >= 4 is 11.6 Å². The maximum atomic E-state index is 12.6. The minimum atomic E-state index is -0.0721. The van der Waals surface area contributed by atoms with Crippen LogP contribution in [0.15, 0.2) is 48.7 Å². The maximum absolute atomic E-state index is 12.6. The number of imidazole rings is 1. The number of nitrogens with one attached hydrogen (secondary N) is 1. The first-order chi connectivity index (χ1) is 12.6. The Morgan fingerprint density at radius 2 is 1.88 bits per heavy atom. The molecule has 1 amide bonds.